The first-order chi connectivity index (χ1) is 10.2. The summed E-state index contributed by atoms with van der Waals surface area (Å²) in [4.78, 5) is 2.25. The van der Waals surface area contributed by atoms with Crippen molar-refractivity contribution in [2.45, 2.75) is 6.04 Å². The highest BCUT2D eigenvalue weighted by molar-refractivity contribution is 5.85. The number of aliphatic hydroxyl groups is 1. The standard InChI is InChI=1S/C15H24N2O4.ClH/c1-19-13-9-15(21-3)14(20-2)8-11(13)12(10-18)17-6-4-16-5-7-17;/h8-9,12,16,18H,4-7,10H2,1-3H3;1H/t12-;/m0./s1. The van der Waals surface area contributed by atoms with Gasteiger partial charge >= 0.3 is 0 Å². The summed E-state index contributed by atoms with van der Waals surface area (Å²) in [5.41, 5.74) is 0.916. The molecule has 7 heteroatoms. The van der Waals surface area contributed by atoms with Crippen molar-refractivity contribution in [2.24, 2.45) is 0 Å². The Bertz CT molecular complexity index is 467. The van der Waals surface area contributed by atoms with Crippen molar-refractivity contribution in [3.05, 3.63) is 17.7 Å². The molecule has 2 N–H and O–H groups in total. The molecule has 126 valence electrons. The highest BCUT2D eigenvalue weighted by Gasteiger charge is 2.26. The van der Waals surface area contributed by atoms with Crippen LogP contribution in [0, 0.1) is 0 Å². The van der Waals surface area contributed by atoms with Gasteiger partial charge in [-0.25, -0.2) is 0 Å². The van der Waals surface area contributed by atoms with Crippen LogP contribution in [0.15, 0.2) is 12.1 Å². The molecule has 1 saturated heterocycles. The first-order valence-electron chi connectivity index (χ1n) is 7.10. The quantitative estimate of drug-likeness (QED) is 0.812. The van der Waals surface area contributed by atoms with Crippen molar-refractivity contribution in [2.75, 3.05) is 54.1 Å². The molecule has 2 rings (SSSR count). The molecule has 1 aromatic rings. The fourth-order valence-corrected chi connectivity index (χ4v) is 2.72. The second-order valence-corrected chi connectivity index (χ2v) is 4.93. The summed E-state index contributed by atoms with van der Waals surface area (Å²) in [6.07, 6.45) is 0. The van der Waals surface area contributed by atoms with Crippen LogP contribution >= 0.6 is 12.4 Å². The maximum Gasteiger partial charge on any atom is 0.164 e. The average molecular weight is 333 g/mol. The molecule has 0 aliphatic carbocycles. The third-order valence-electron chi connectivity index (χ3n) is 3.86. The van der Waals surface area contributed by atoms with E-state index in [9.17, 15) is 5.11 Å². The number of aliphatic hydroxyl groups excluding tert-OH is 1. The number of benzene rings is 1. The molecule has 1 fully saturated rings. The van der Waals surface area contributed by atoms with Gasteiger partial charge in [0.2, 0.25) is 0 Å². The van der Waals surface area contributed by atoms with Crippen molar-refractivity contribution in [1.29, 1.82) is 0 Å². The second-order valence-electron chi connectivity index (χ2n) is 4.93. The molecular formula is C15H25ClN2O4. The fraction of sp³-hybridized carbons (Fsp3) is 0.600. The van der Waals surface area contributed by atoms with Gasteiger partial charge in [0.1, 0.15) is 5.75 Å². The highest BCUT2D eigenvalue weighted by Crippen LogP contribution is 2.39. The normalized spacial score (nSPS) is 16.5. The smallest absolute Gasteiger partial charge is 0.164 e. The van der Waals surface area contributed by atoms with Crippen LogP contribution in [0.25, 0.3) is 0 Å². The van der Waals surface area contributed by atoms with Crippen LogP contribution < -0.4 is 19.5 Å². The molecule has 0 spiro atoms. The van der Waals surface area contributed by atoms with Crippen LogP contribution in [0.3, 0.4) is 0 Å². The summed E-state index contributed by atoms with van der Waals surface area (Å²) in [7, 11) is 4.82. The average Bonchev–Trinajstić information content (AvgIpc) is 2.56. The molecule has 0 radical (unpaired) electrons. The molecule has 22 heavy (non-hydrogen) atoms. The molecule has 0 bridgehead atoms. The minimum absolute atomic E-state index is 0. The highest BCUT2D eigenvalue weighted by atomic mass is 35.5. The summed E-state index contributed by atoms with van der Waals surface area (Å²) in [5, 5.41) is 13.2. The molecule has 1 heterocycles. The van der Waals surface area contributed by atoms with Gasteiger partial charge in [-0.15, -0.1) is 12.4 Å². The Hall–Kier alpha value is -1.21. The van der Waals surface area contributed by atoms with E-state index in [4.69, 9.17) is 14.2 Å². The number of rotatable bonds is 6. The lowest BCUT2D eigenvalue weighted by molar-refractivity contribution is 0.108. The van der Waals surface area contributed by atoms with Crippen LogP contribution in [0.4, 0.5) is 0 Å². The van der Waals surface area contributed by atoms with Crippen LogP contribution in [-0.2, 0) is 0 Å². The predicted octanol–water partition coefficient (Wildman–Crippen LogP) is 1.07. The maximum atomic E-state index is 9.85. The van der Waals surface area contributed by atoms with Gasteiger partial charge in [-0.1, -0.05) is 0 Å². The van der Waals surface area contributed by atoms with Gasteiger partial charge in [-0.2, -0.15) is 0 Å². The molecule has 1 aliphatic heterocycles. The Morgan fingerprint density at radius 2 is 1.59 bits per heavy atom. The summed E-state index contributed by atoms with van der Waals surface area (Å²) < 4.78 is 16.1. The molecule has 0 unspecified atom stereocenters. The summed E-state index contributed by atoms with van der Waals surface area (Å²) >= 11 is 0. The van der Waals surface area contributed by atoms with Gasteiger partial charge in [0.25, 0.3) is 0 Å². The second kappa shape index (κ2) is 9.05. The Morgan fingerprint density at radius 1 is 1.05 bits per heavy atom. The van der Waals surface area contributed by atoms with E-state index >= 15 is 0 Å². The number of hydrogen-bond donors (Lipinski definition) is 2. The zero-order valence-electron chi connectivity index (χ0n) is 13.3. The Labute approximate surface area is 137 Å². The van der Waals surface area contributed by atoms with Crippen molar-refractivity contribution < 1.29 is 19.3 Å². The zero-order valence-corrected chi connectivity index (χ0v) is 14.1. The van der Waals surface area contributed by atoms with Crippen LogP contribution in [0.2, 0.25) is 0 Å². The van der Waals surface area contributed by atoms with Crippen LogP contribution in [0.1, 0.15) is 11.6 Å². The first-order valence-corrected chi connectivity index (χ1v) is 7.10. The minimum Gasteiger partial charge on any atom is -0.496 e. The number of piperazine rings is 1. The van der Waals surface area contributed by atoms with Gasteiger partial charge in [-0.05, 0) is 6.07 Å². The van der Waals surface area contributed by atoms with Crippen molar-refractivity contribution in [3.63, 3.8) is 0 Å². The Kier molecular flexibility index (Phi) is 7.75. The Balaban J connectivity index is 0.00000242. The molecule has 0 aromatic heterocycles. The van der Waals surface area contributed by atoms with E-state index in [0.29, 0.717) is 17.2 Å². The lowest BCUT2D eigenvalue weighted by Gasteiger charge is -2.34. The van der Waals surface area contributed by atoms with E-state index < -0.39 is 0 Å². The first kappa shape index (κ1) is 18.8. The van der Waals surface area contributed by atoms with E-state index in [2.05, 4.69) is 10.2 Å². The number of ether oxygens (including phenoxy) is 3. The minimum atomic E-state index is -0.109. The van der Waals surface area contributed by atoms with Crippen molar-refractivity contribution in [1.82, 2.24) is 10.2 Å². The largest absolute Gasteiger partial charge is 0.496 e. The van der Waals surface area contributed by atoms with Gasteiger partial charge in [-0.3, -0.25) is 4.90 Å². The monoisotopic (exact) mass is 332 g/mol. The SMILES string of the molecule is COc1cc(OC)c([C@H](CO)N2CCNCC2)cc1OC.Cl. The molecular weight excluding hydrogens is 308 g/mol. The third-order valence-corrected chi connectivity index (χ3v) is 3.86. The van der Waals surface area contributed by atoms with E-state index in [1.165, 1.54) is 0 Å². The zero-order chi connectivity index (χ0) is 15.2. The lowest BCUT2D eigenvalue weighted by Crippen LogP contribution is -2.46. The van der Waals surface area contributed by atoms with E-state index in [1.807, 2.05) is 6.07 Å². The molecule has 1 atom stereocenters. The summed E-state index contributed by atoms with van der Waals surface area (Å²) in [6, 6.07) is 3.58. The number of halogens is 1. The van der Waals surface area contributed by atoms with E-state index in [0.717, 1.165) is 31.7 Å². The van der Waals surface area contributed by atoms with Crippen molar-refractivity contribution in [3.8, 4) is 17.2 Å². The van der Waals surface area contributed by atoms with E-state index in [1.54, 1.807) is 27.4 Å². The molecule has 6 nitrogen and oxygen atoms in total. The van der Waals surface area contributed by atoms with Gasteiger partial charge < -0.3 is 24.6 Å². The topological polar surface area (TPSA) is 63.2 Å². The number of nitrogens with one attached hydrogen (secondary N) is 1. The fourth-order valence-electron chi connectivity index (χ4n) is 2.72. The Morgan fingerprint density at radius 3 is 2.09 bits per heavy atom. The predicted molar refractivity (Wildman–Crippen MR) is 87.6 cm³/mol. The summed E-state index contributed by atoms with van der Waals surface area (Å²) in [6.45, 7) is 3.66. The van der Waals surface area contributed by atoms with Gasteiger partial charge in [0, 0.05) is 37.8 Å². The van der Waals surface area contributed by atoms with E-state index in [-0.39, 0.29) is 25.1 Å². The third kappa shape index (κ3) is 3.95. The molecule has 0 saturated carbocycles. The molecule has 0 amide bonds. The van der Waals surface area contributed by atoms with Gasteiger partial charge in [0.05, 0.1) is 34.0 Å². The number of nitrogens with zero attached hydrogens (tertiary/aromatic N) is 1. The number of methoxy groups -OCH3 is 3. The molecule has 1 aliphatic rings. The van der Waals surface area contributed by atoms with Crippen molar-refractivity contribution >= 4 is 12.4 Å². The van der Waals surface area contributed by atoms with Crippen LogP contribution in [0.5, 0.6) is 17.2 Å². The van der Waals surface area contributed by atoms with Gasteiger partial charge in [0.15, 0.2) is 11.5 Å². The molecule has 1 aromatic carbocycles. The lowest BCUT2D eigenvalue weighted by atomic mass is 10.0. The van der Waals surface area contributed by atoms with Crippen LogP contribution in [-0.4, -0.2) is 64.1 Å². The summed E-state index contributed by atoms with van der Waals surface area (Å²) in [5.74, 6) is 1.96. The maximum absolute atomic E-state index is 9.85. The number of hydrogen-bond acceptors (Lipinski definition) is 6.